The van der Waals surface area contributed by atoms with Crippen LogP contribution in [0.5, 0.6) is 0 Å². The van der Waals surface area contributed by atoms with Crippen LogP contribution >= 0.6 is 0 Å². The van der Waals surface area contributed by atoms with Gasteiger partial charge in [-0.2, -0.15) is 0 Å². The van der Waals surface area contributed by atoms with Crippen LogP contribution in [0.2, 0.25) is 0 Å². The van der Waals surface area contributed by atoms with E-state index in [1.807, 2.05) is 0 Å². The van der Waals surface area contributed by atoms with Crippen molar-refractivity contribution in [3.63, 3.8) is 0 Å². The first-order chi connectivity index (χ1) is 14.5. The number of hydrogen-bond donors (Lipinski definition) is 0. The van der Waals surface area contributed by atoms with Crippen LogP contribution in [0.3, 0.4) is 0 Å². The minimum Gasteiger partial charge on any atom is -0.335 e. The van der Waals surface area contributed by atoms with Crippen molar-refractivity contribution in [3.05, 3.63) is 69.8 Å². The van der Waals surface area contributed by atoms with Crippen molar-refractivity contribution in [3.8, 4) is 0 Å². The zero-order valence-corrected chi connectivity index (χ0v) is 15.9. The summed E-state index contributed by atoms with van der Waals surface area (Å²) in [6.07, 6.45) is 2.28. The number of carbonyl (C=O) groups excluding carboxylic acids is 6. The van der Waals surface area contributed by atoms with Gasteiger partial charge in [-0.1, -0.05) is 0 Å². The number of rotatable bonds is 6. The fourth-order valence-corrected chi connectivity index (χ4v) is 3.35. The van der Waals surface area contributed by atoms with E-state index in [1.54, 1.807) is 9.80 Å². The first kappa shape index (κ1) is 20.8. The molecule has 30 heavy (non-hydrogen) atoms. The van der Waals surface area contributed by atoms with E-state index in [4.69, 9.17) is 0 Å². The van der Waals surface area contributed by atoms with Gasteiger partial charge in [0, 0.05) is 59.6 Å². The van der Waals surface area contributed by atoms with E-state index in [1.165, 1.54) is 36.4 Å². The number of benzene rings is 2. The van der Waals surface area contributed by atoms with E-state index >= 15 is 0 Å². The van der Waals surface area contributed by atoms with Crippen LogP contribution in [0, 0.1) is 0 Å². The van der Waals surface area contributed by atoms with Crippen molar-refractivity contribution in [1.82, 2.24) is 9.80 Å². The predicted molar refractivity (Wildman–Crippen MR) is 106 cm³/mol. The molecular formula is C22H18N2O6. The second-order valence-electron chi connectivity index (χ2n) is 6.83. The lowest BCUT2D eigenvalue weighted by Gasteiger charge is -2.35. The molecule has 1 saturated heterocycles. The molecule has 2 amide bonds. The highest BCUT2D eigenvalue weighted by atomic mass is 16.2. The summed E-state index contributed by atoms with van der Waals surface area (Å²) in [5.74, 6) is -0.666. The fraction of sp³-hybridized carbons (Fsp3) is 0.182. The van der Waals surface area contributed by atoms with Crippen LogP contribution in [0.4, 0.5) is 0 Å². The number of nitrogens with zero attached hydrogens (tertiary/aromatic N) is 2. The van der Waals surface area contributed by atoms with Gasteiger partial charge in [0.25, 0.3) is 11.8 Å². The van der Waals surface area contributed by atoms with Crippen LogP contribution in [0.1, 0.15) is 62.1 Å². The molecule has 8 nitrogen and oxygen atoms in total. The topological polar surface area (TPSA) is 109 Å². The highest BCUT2D eigenvalue weighted by Crippen LogP contribution is 2.16. The van der Waals surface area contributed by atoms with E-state index in [9.17, 15) is 28.8 Å². The molecule has 3 rings (SSSR count). The molecule has 0 aromatic heterocycles. The predicted octanol–water partition coefficient (Wildman–Crippen LogP) is 1.53. The third-order valence-electron chi connectivity index (χ3n) is 4.85. The smallest absolute Gasteiger partial charge is 0.254 e. The van der Waals surface area contributed by atoms with E-state index < -0.39 is 0 Å². The molecule has 0 aliphatic carbocycles. The minimum atomic E-state index is -0.333. The normalized spacial score (nSPS) is 13.5. The molecule has 1 aliphatic heterocycles. The zero-order valence-electron chi connectivity index (χ0n) is 15.9. The molecule has 0 radical (unpaired) electrons. The molecule has 2 aromatic rings. The zero-order chi connectivity index (χ0) is 21.7. The summed E-state index contributed by atoms with van der Waals surface area (Å²) >= 11 is 0. The lowest BCUT2D eigenvalue weighted by molar-refractivity contribution is 0.0535. The molecule has 1 aliphatic rings. The van der Waals surface area contributed by atoms with Crippen LogP contribution in [0.25, 0.3) is 0 Å². The van der Waals surface area contributed by atoms with Crippen LogP contribution in [-0.2, 0) is 0 Å². The van der Waals surface area contributed by atoms with Gasteiger partial charge in [0.1, 0.15) is 25.1 Å². The summed E-state index contributed by atoms with van der Waals surface area (Å²) in [5.41, 5.74) is 1.40. The van der Waals surface area contributed by atoms with Gasteiger partial charge >= 0.3 is 0 Å². The highest BCUT2D eigenvalue weighted by Gasteiger charge is 2.26. The first-order valence-corrected chi connectivity index (χ1v) is 9.18. The number of aldehydes is 4. The Morgan fingerprint density at radius 3 is 1.03 bits per heavy atom. The largest absolute Gasteiger partial charge is 0.335 e. The lowest BCUT2D eigenvalue weighted by Crippen LogP contribution is -2.50. The maximum atomic E-state index is 12.8. The summed E-state index contributed by atoms with van der Waals surface area (Å²) in [5, 5.41) is 0. The molecule has 0 saturated carbocycles. The van der Waals surface area contributed by atoms with Crippen molar-refractivity contribution in [2.24, 2.45) is 0 Å². The molecule has 0 N–H and O–H groups in total. The Morgan fingerprint density at radius 1 is 0.533 bits per heavy atom. The number of carbonyl (C=O) groups is 6. The molecule has 152 valence electrons. The SMILES string of the molecule is O=Cc1cc(C=O)cc(C(=O)N2CCN(C(=O)c3cc(C=O)cc(C=O)c3)CC2)c1. The molecule has 1 fully saturated rings. The summed E-state index contributed by atoms with van der Waals surface area (Å²) < 4.78 is 0. The second kappa shape index (κ2) is 9.04. The van der Waals surface area contributed by atoms with Crippen LogP contribution in [-0.4, -0.2) is 72.9 Å². The molecule has 1 heterocycles. The Labute approximate surface area is 172 Å². The third-order valence-corrected chi connectivity index (χ3v) is 4.85. The van der Waals surface area contributed by atoms with Crippen molar-refractivity contribution >= 4 is 37.0 Å². The Kier molecular flexibility index (Phi) is 6.26. The van der Waals surface area contributed by atoms with Gasteiger partial charge in [0.2, 0.25) is 0 Å². The lowest BCUT2D eigenvalue weighted by atomic mass is 10.0. The number of amides is 2. The highest BCUT2D eigenvalue weighted by molar-refractivity contribution is 5.99. The second-order valence-corrected chi connectivity index (χ2v) is 6.83. The van der Waals surface area contributed by atoms with E-state index in [2.05, 4.69) is 0 Å². The number of hydrogen-bond acceptors (Lipinski definition) is 6. The Balaban J connectivity index is 1.72. The minimum absolute atomic E-state index is 0.232. The molecule has 0 unspecified atom stereocenters. The van der Waals surface area contributed by atoms with Gasteiger partial charge in [-0.3, -0.25) is 28.8 Å². The molecule has 0 atom stereocenters. The maximum Gasteiger partial charge on any atom is 0.254 e. The van der Waals surface area contributed by atoms with Crippen molar-refractivity contribution in [2.45, 2.75) is 0 Å². The third kappa shape index (κ3) is 4.38. The van der Waals surface area contributed by atoms with Crippen molar-refractivity contribution in [1.29, 1.82) is 0 Å². The molecule has 0 bridgehead atoms. The molecular weight excluding hydrogens is 388 g/mol. The Hall–Kier alpha value is -3.94. The van der Waals surface area contributed by atoms with Gasteiger partial charge in [0.15, 0.2) is 0 Å². The quantitative estimate of drug-likeness (QED) is 0.673. The standard InChI is InChI=1S/C22H18N2O6/c25-11-15-5-16(12-26)8-19(7-15)21(29)23-1-2-24(4-3-23)22(30)20-9-17(13-27)6-18(10-20)14-28/h5-14H,1-4H2. The van der Waals surface area contributed by atoms with Crippen LogP contribution in [0.15, 0.2) is 36.4 Å². The Morgan fingerprint density at radius 2 is 0.800 bits per heavy atom. The Bertz CT molecular complexity index is 902. The van der Waals surface area contributed by atoms with Gasteiger partial charge in [-0.25, -0.2) is 0 Å². The molecule has 2 aromatic carbocycles. The number of piperazine rings is 1. The summed E-state index contributed by atoms with van der Waals surface area (Å²) in [6.45, 7) is 1.06. The first-order valence-electron chi connectivity index (χ1n) is 9.18. The van der Waals surface area contributed by atoms with Crippen molar-refractivity contribution < 1.29 is 28.8 Å². The molecule has 8 heteroatoms. The van der Waals surface area contributed by atoms with E-state index in [0.717, 1.165) is 0 Å². The molecule has 0 spiro atoms. The van der Waals surface area contributed by atoms with Gasteiger partial charge in [0.05, 0.1) is 0 Å². The van der Waals surface area contributed by atoms with E-state index in [0.29, 0.717) is 25.1 Å². The fourth-order valence-electron chi connectivity index (χ4n) is 3.35. The average Bonchev–Trinajstić information content (AvgIpc) is 2.82. The van der Waals surface area contributed by atoms with Crippen molar-refractivity contribution in [2.75, 3.05) is 26.2 Å². The van der Waals surface area contributed by atoms with E-state index in [-0.39, 0.29) is 71.4 Å². The summed E-state index contributed by atoms with van der Waals surface area (Å²) in [6, 6.07) is 8.48. The average molecular weight is 406 g/mol. The van der Waals surface area contributed by atoms with Crippen LogP contribution < -0.4 is 0 Å². The summed E-state index contributed by atoms with van der Waals surface area (Å²) in [4.78, 5) is 72.8. The van der Waals surface area contributed by atoms with Gasteiger partial charge < -0.3 is 9.80 Å². The summed E-state index contributed by atoms with van der Waals surface area (Å²) in [7, 11) is 0. The maximum absolute atomic E-state index is 12.8. The van der Waals surface area contributed by atoms with Gasteiger partial charge in [-0.15, -0.1) is 0 Å². The van der Waals surface area contributed by atoms with Gasteiger partial charge in [-0.05, 0) is 36.4 Å². The monoisotopic (exact) mass is 406 g/mol.